The second kappa shape index (κ2) is 8.54. The van der Waals surface area contributed by atoms with Crippen LogP contribution in [-0.4, -0.2) is 25.0 Å². The molecular weight excluding hydrogens is 430 g/mol. The van der Waals surface area contributed by atoms with Crippen LogP contribution in [0, 0.1) is 0 Å². The van der Waals surface area contributed by atoms with Gasteiger partial charge in [-0.05, 0) is 43.3 Å². The lowest BCUT2D eigenvalue weighted by Gasteiger charge is -2.10. The van der Waals surface area contributed by atoms with Crippen molar-refractivity contribution in [2.45, 2.75) is 13.5 Å². The number of nitrogens with zero attached hydrogens (tertiary/aromatic N) is 1. The predicted octanol–water partition coefficient (Wildman–Crippen LogP) is 5.37. The summed E-state index contributed by atoms with van der Waals surface area (Å²) in [5, 5.41) is 2.80. The summed E-state index contributed by atoms with van der Waals surface area (Å²) < 4.78 is 17.6. The Bertz CT molecular complexity index is 970. The van der Waals surface area contributed by atoms with Gasteiger partial charge in [-0.25, -0.2) is 4.98 Å². The summed E-state index contributed by atoms with van der Waals surface area (Å²) in [4.78, 5) is 16.1. The lowest BCUT2D eigenvalue weighted by molar-refractivity contribution is 0.101. The number of methoxy groups -OCH3 is 2. The smallest absolute Gasteiger partial charge is 0.161 e. The van der Waals surface area contributed by atoms with Crippen molar-refractivity contribution < 1.29 is 19.0 Å². The molecule has 0 saturated heterocycles. The number of benzene rings is 2. The summed E-state index contributed by atoms with van der Waals surface area (Å²) >= 11 is 5.01. The Hall–Kier alpha value is -2.38. The van der Waals surface area contributed by atoms with Gasteiger partial charge in [0.25, 0.3) is 0 Å². The number of hydrogen-bond donors (Lipinski definition) is 0. The van der Waals surface area contributed by atoms with E-state index in [0.29, 0.717) is 23.7 Å². The zero-order chi connectivity index (χ0) is 19.4. The quantitative estimate of drug-likeness (QED) is 0.455. The van der Waals surface area contributed by atoms with Gasteiger partial charge in [0, 0.05) is 15.4 Å². The van der Waals surface area contributed by atoms with Crippen LogP contribution in [0.15, 0.2) is 46.3 Å². The first-order valence-corrected chi connectivity index (χ1v) is 9.79. The van der Waals surface area contributed by atoms with Crippen molar-refractivity contribution in [2.24, 2.45) is 0 Å². The second-order valence-corrected chi connectivity index (χ2v) is 7.47. The van der Waals surface area contributed by atoms with E-state index in [1.165, 1.54) is 18.3 Å². The van der Waals surface area contributed by atoms with Crippen LogP contribution in [-0.2, 0) is 6.61 Å². The van der Waals surface area contributed by atoms with Gasteiger partial charge in [-0.3, -0.25) is 4.79 Å². The number of thiazole rings is 1. The lowest BCUT2D eigenvalue weighted by Crippen LogP contribution is -2.00. The van der Waals surface area contributed by atoms with Gasteiger partial charge in [-0.1, -0.05) is 15.9 Å². The average Bonchev–Trinajstić information content (AvgIpc) is 3.15. The summed E-state index contributed by atoms with van der Waals surface area (Å²) in [7, 11) is 3.19. The fourth-order valence-corrected chi connectivity index (χ4v) is 3.69. The van der Waals surface area contributed by atoms with Crippen LogP contribution in [0.1, 0.15) is 23.0 Å². The van der Waals surface area contributed by atoms with Crippen LogP contribution in [0.25, 0.3) is 10.6 Å². The molecule has 0 saturated carbocycles. The third-order valence-corrected chi connectivity index (χ3v) is 5.31. The molecule has 5 nitrogen and oxygen atoms in total. The number of aromatic nitrogens is 1. The molecule has 0 spiro atoms. The van der Waals surface area contributed by atoms with Crippen LogP contribution in [0.2, 0.25) is 0 Å². The molecule has 0 N–H and O–H groups in total. The highest BCUT2D eigenvalue weighted by Gasteiger charge is 2.13. The molecule has 1 aromatic heterocycles. The lowest BCUT2D eigenvalue weighted by atomic mass is 10.1. The summed E-state index contributed by atoms with van der Waals surface area (Å²) in [5.74, 6) is 1.83. The van der Waals surface area contributed by atoms with E-state index < -0.39 is 0 Å². The minimum atomic E-state index is -0.0213. The topological polar surface area (TPSA) is 57.7 Å². The van der Waals surface area contributed by atoms with E-state index in [1.54, 1.807) is 32.4 Å². The predicted molar refractivity (Wildman–Crippen MR) is 109 cm³/mol. The molecular formula is C20H18BrNO4S. The monoisotopic (exact) mass is 447 g/mol. The molecule has 0 atom stereocenters. The van der Waals surface area contributed by atoms with Crippen LogP contribution in [0.4, 0.5) is 0 Å². The van der Waals surface area contributed by atoms with Gasteiger partial charge < -0.3 is 14.2 Å². The Kier molecular flexibility index (Phi) is 6.13. The van der Waals surface area contributed by atoms with Gasteiger partial charge in [0.2, 0.25) is 0 Å². The molecule has 3 aromatic rings. The first-order chi connectivity index (χ1) is 13.0. The Balaban J connectivity index is 1.78. The van der Waals surface area contributed by atoms with Crippen LogP contribution >= 0.6 is 27.3 Å². The normalized spacial score (nSPS) is 10.5. The number of rotatable bonds is 7. The summed E-state index contributed by atoms with van der Waals surface area (Å²) in [5.41, 5.74) is 2.30. The average molecular weight is 448 g/mol. The maximum Gasteiger partial charge on any atom is 0.161 e. The van der Waals surface area contributed by atoms with Crippen molar-refractivity contribution >= 4 is 33.0 Å². The maximum atomic E-state index is 11.5. The number of ketones is 1. The molecule has 2 aromatic carbocycles. The Morgan fingerprint density at radius 2 is 1.81 bits per heavy atom. The van der Waals surface area contributed by atoms with Gasteiger partial charge in [0.1, 0.15) is 17.4 Å². The summed E-state index contributed by atoms with van der Waals surface area (Å²) in [6.07, 6.45) is 0. The Morgan fingerprint density at radius 3 is 2.52 bits per heavy atom. The summed E-state index contributed by atoms with van der Waals surface area (Å²) in [6, 6.07) is 10.9. The summed E-state index contributed by atoms with van der Waals surface area (Å²) in [6.45, 7) is 1.81. The molecule has 0 unspecified atom stereocenters. The van der Waals surface area contributed by atoms with Crippen molar-refractivity contribution in [3.05, 3.63) is 57.5 Å². The van der Waals surface area contributed by atoms with Crippen LogP contribution < -0.4 is 14.2 Å². The van der Waals surface area contributed by atoms with Crippen molar-refractivity contribution in [3.63, 3.8) is 0 Å². The molecule has 140 valence electrons. The molecule has 0 aliphatic carbocycles. The number of carbonyl (C=O) groups is 1. The SMILES string of the molecule is COc1cc(C(C)=O)ccc1OCc1csc(-c2cc(Br)ccc2OC)n1. The highest BCUT2D eigenvalue weighted by atomic mass is 79.9. The van der Waals surface area contributed by atoms with Gasteiger partial charge in [-0.15, -0.1) is 11.3 Å². The van der Waals surface area contributed by atoms with Gasteiger partial charge in [0.05, 0.1) is 25.5 Å². The third kappa shape index (κ3) is 4.48. The van der Waals surface area contributed by atoms with Crippen molar-refractivity contribution in [2.75, 3.05) is 14.2 Å². The van der Waals surface area contributed by atoms with E-state index >= 15 is 0 Å². The molecule has 0 aliphatic rings. The minimum absolute atomic E-state index is 0.0213. The minimum Gasteiger partial charge on any atom is -0.496 e. The van der Waals surface area contributed by atoms with E-state index in [1.807, 2.05) is 23.6 Å². The van der Waals surface area contributed by atoms with Crippen molar-refractivity contribution in [1.82, 2.24) is 4.98 Å². The fourth-order valence-electron chi connectivity index (χ4n) is 2.50. The highest BCUT2D eigenvalue weighted by molar-refractivity contribution is 9.10. The Labute approximate surface area is 170 Å². The first kappa shape index (κ1) is 19.4. The van der Waals surface area contributed by atoms with Crippen molar-refractivity contribution in [1.29, 1.82) is 0 Å². The number of halogens is 1. The van der Waals surface area contributed by atoms with Crippen LogP contribution in [0.5, 0.6) is 17.2 Å². The number of carbonyl (C=O) groups excluding carboxylic acids is 1. The molecule has 3 rings (SSSR count). The van der Waals surface area contributed by atoms with E-state index in [-0.39, 0.29) is 5.78 Å². The molecule has 0 bridgehead atoms. The zero-order valence-corrected chi connectivity index (χ0v) is 17.5. The first-order valence-electron chi connectivity index (χ1n) is 8.12. The van der Waals surface area contributed by atoms with Crippen molar-refractivity contribution in [3.8, 4) is 27.8 Å². The second-order valence-electron chi connectivity index (χ2n) is 5.70. The number of hydrogen-bond acceptors (Lipinski definition) is 6. The maximum absolute atomic E-state index is 11.5. The zero-order valence-electron chi connectivity index (χ0n) is 15.1. The molecule has 27 heavy (non-hydrogen) atoms. The van der Waals surface area contributed by atoms with E-state index in [0.717, 1.165) is 26.5 Å². The number of ether oxygens (including phenoxy) is 3. The molecule has 0 amide bonds. The fraction of sp³-hybridized carbons (Fsp3) is 0.200. The van der Waals surface area contributed by atoms with Gasteiger partial charge in [0.15, 0.2) is 17.3 Å². The molecule has 0 fully saturated rings. The third-order valence-electron chi connectivity index (χ3n) is 3.89. The highest BCUT2D eigenvalue weighted by Crippen LogP contribution is 2.35. The largest absolute Gasteiger partial charge is 0.496 e. The molecule has 0 radical (unpaired) electrons. The molecule has 7 heteroatoms. The van der Waals surface area contributed by atoms with Gasteiger partial charge in [-0.2, -0.15) is 0 Å². The van der Waals surface area contributed by atoms with E-state index in [9.17, 15) is 4.79 Å². The molecule has 1 heterocycles. The molecule has 0 aliphatic heterocycles. The number of Topliss-reactive ketones (excluding diaryl/α,β-unsaturated/α-hetero) is 1. The standard InChI is InChI=1S/C20H18BrNO4S/c1-12(23)13-4-6-18(19(8-13)25-3)26-10-15-11-27-20(22-15)16-9-14(21)5-7-17(16)24-2/h4-9,11H,10H2,1-3H3. The van der Waals surface area contributed by atoms with Gasteiger partial charge >= 0.3 is 0 Å². The van der Waals surface area contributed by atoms with Crippen LogP contribution in [0.3, 0.4) is 0 Å². The van der Waals surface area contributed by atoms with E-state index in [2.05, 4.69) is 20.9 Å². The Morgan fingerprint density at radius 1 is 1.07 bits per heavy atom. The van der Waals surface area contributed by atoms with E-state index in [4.69, 9.17) is 14.2 Å².